The van der Waals surface area contributed by atoms with Gasteiger partial charge in [-0.15, -0.1) is 0 Å². The normalized spacial score (nSPS) is 19.6. The van der Waals surface area contributed by atoms with Gasteiger partial charge in [0.2, 0.25) is 0 Å². The Morgan fingerprint density at radius 3 is 2.60 bits per heavy atom. The van der Waals surface area contributed by atoms with Gasteiger partial charge in [0.15, 0.2) is 0 Å². The molecule has 0 aliphatic carbocycles. The van der Waals surface area contributed by atoms with E-state index in [1.807, 2.05) is 12.4 Å². The molecule has 2 aromatic rings. The monoisotopic (exact) mass is 338 g/mol. The topological polar surface area (TPSA) is 53.4 Å². The molecular formula is C21H26N2O2. The summed E-state index contributed by atoms with van der Waals surface area (Å²) in [7, 11) is 0. The highest BCUT2D eigenvalue weighted by Crippen LogP contribution is 2.34. The largest absolute Gasteiger partial charge is 0.481 e. The summed E-state index contributed by atoms with van der Waals surface area (Å²) in [5.74, 6) is -0.973. The molecule has 1 N–H and O–H groups in total. The first-order valence-corrected chi connectivity index (χ1v) is 8.91. The van der Waals surface area contributed by atoms with Gasteiger partial charge >= 0.3 is 5.97 Å². The molecule has 1 saturated heterocycles. The number of carbonyl (C=O) groups is 1. The van der Waals surface area contributed by atoms with Gasteiger partial charge < -0.3 is 5.11 Å². The summed E-state index contributed by atoms with van der Waals surface area (Å²) in [6.07, 6.45) is 5.41. The Morgan fingerprint density at radius 1 is 1.24 bits per heavy atom. The molecule has 1 fully saturated rings. The van der Waals surface area contributed by atoms with Gasteiger partial charge in [0.05, 0.1) is 12.0 Å². The number of carboxylic acid groups (broad SMARTS) is 1. The number of hydrogen-bond donors (Lipinski definition) is 1. The van der Waals surface area contributed by atoms with Crippen LogP contribution in [0.15, 0.2) is 36.7 Å². The molecular weight excluding hydrogens is 312 g/mol. The molecule has 4 nitrogen and oxygen atoms in total. The van der Waals surface area contributed by atoms with E-state index in [1.54, 1.807) is 0 Å². The van der Waals surface area contributed by atoms with E-state index in [9.17, 15) is 9.90 Å². The first kappa shape index (κ1) is 17.6. The predicted molar refractivity (Wildman–Crippen MR) is 98.7 cm³/mol. The van der Waals surface area contributed by atoms with Crippen LogP contribution in [-0.4, -0.2) is 34.0 Å². The van der Waals surface area contributed by atoms with Crippen molar-refractivity contribution in [3.05, 3.63) is 64.5 Å². The van der Waals surface area contributed by atoms with Gasteiger partial charge in [-0.1, -0.05) is 29.3 Å². The predicted octanol–water partition coefficient (Wildman–Crippen LogP) is 3.89. The van der Waals surface area contributed by atoms with Crippen LogP contribution in [-0.2, 0) is 4.79 Å². The Bertz CT molecular complexity index is 752. The van der Waals surface area contributed by atoms with E-state index in [0.29, 0.717) is 6.54 Å². The number of likely N-dealkylation sites (tertiary alicyclic amines) is 1. The molecule has 2 atom stereocenters. The molecule has 1 aromatic heterocycles. The zero-order chi connectivity index (χ0) is 18.0. The van der Waals surface area contributed by atoms with E-state index in [2.05, 4.69) is 54.9 Å². The minimum Gasteiger partial charge on any atom is -0.481 e. The van der Waals surface area contributed by atoms with Gasteiger partial charge in [0.1, 0.15) is 0 Å². The Hall–Kier alpha value is -2.20. The van der Waals surface area contributed by atoms with Crippen LogP contribution in [0.1, 0.15) is 46.7 Å². The van der Waals surface area contributed by atoms with Crippen LogP contribution < -0.4 is 0 Å². The molecule has 2 unspecified atom stereocenters. The van der Waals surface area contributed by atoms with Crippen LogP contribution in [0.3, 0.4) is 0 Å². The van der Waals surface area contributed by atoms with Crippen molar-refractivity contribution in [2.24, 2.45) is 5.92 Å². The molecule has 4 heteroatoms. The molecule has 0 bridgehead atoms. The van der Waals surface area contributed by atoms with Crippen molar-refractivity contribution in [3.8, 4) is 0 Å². The van der Waals surface area contributed by atoms with Crippen LogP contribution in [0.5, 0.6) is 0 Å². The first-order valence-electron chi connectivity index (χ1n) is 8.91. The van der Waals surface area contributed by atoms with E-state index in [-0.39, 0.29) is 12.0 Å². The Labute approximate surface area is 149 Å². The summed E-state index contributed by atoms with van der Waals surface area (Å²) in [6, 6.07) is 8.77. The highest BCUT2D eigenvalue weighted by molar-refractivity contribution is 5.70. The van der Waals surface area contributed by atoms with E-state index in [4.69, 9.17) is 0 Å². The molecule has 132 valence electrons. The lowest BCUT2D eigenvalue weighted by Gasteiger charge is -2.38. The average Bonchev–Trinajstić information content (AvgIpc) is 2.56. The van der Waals surface area contributed by atoms with Crippen LogP contribution in [0.4, 0.5) is 0 Å². The lowest BCUT2D eigenvalue weighted by molar-refractivity contribution is -0.143. The van der Waals surface area contributed by atoms with Crippen molar-refractivity contribution in [1.82, 2.24) is 9.88 Å². The minimum atomic E-state index is -0.685. The van der Waals surface area contributed by atoms with Crippen LogP contribution in [0.25, 0.3) is 0 Å². The third kappa shape index (κ3) is 3.90. The SMILES string of the molecule is Cc1cc(C)cc(C(c2ccncc2C)N2CCCC(C(=O)O)C2)c1. The number of pyridine rings is 1. The molecule has 0 radical (unpaired) electrons. The summed E-state index contributed by atoms with van der Waals surface area (Å²) in [5.41, 5.74) is 6.06. The third-order valence-electron chi connectivity index (χ3n) is 5.09. The quantitative estimate of drug-likeness (QED) is 0.919. The molecule has 1 aliphatic rings. The second-order valence-corrected chi connectivity index (χ2v) is 7.23. The lowest BCUT2D eigenvalue weighted by Crippen LogP contribution is -2.41. The molecule has 25 heavy (non-hydrogen) atoms. The van der Waals surface area contributed by atoms with Gasteiger partial charge in [-0.2, -0.15) is 0 Å². The Kier molecular flexibility index (Phi) is 5.19. The van der Waals surface area contributed by atoms with Gasteiger partial charge in [-0.3, -0.25) is 14.7 Å². The smallest absolute Gasteiger partial charge is 0.307 e. The van der Waals surface area contributed by atoms with Crippen molar-refractivity contribution < 1.29 is 9.90 Å². The highest BCUT2D eigenvalue weighted by atomic mass is 16.4. The van der Waals surface area contributed by atoms with Crippen molar-refractivity contribution >= 4 is 5.97 Å². The van der Waals surface area contributed by atoms with Crippen LogP contribution in [0, 0.1) is 26.7 Å². The molecule has 1 aromatic carbocycles. The first-order chi connectivity index (χ1) is 12.0. The fourth-order valence-corrected chi connectivity index (χ4v) is 3.99. The second-order valence-electron chi connectivity index (χ2n) is 7.23. The third-order valence-corrected chi connectivity index (χ3v) is 5.09. The van der Waals surface area contributed by atoms with Gasteiger partial charge in [-0.05, 0) is 62.9 Å². The number of aromatic nitrogens is 1. The van der Waals surface area contributed by atoms with E-state index < -0.39 is 5.97 Å². The maximum Gasteiger partial charge on any atom is 0.307 e. The van der Waals surface area contributed by atoms with E-state index >= 15 is 0 Å². The average molecular weight is 338 g/mol. The molecule has 0 spiro atoms. The number of aryl methyl sites for hydroxylation is 3. The maximum absolute atomic E-state index is 11.5. The Balaban J connectivity index is 2.06. The summed E-state index contributed by atoms with van der Waals surface area (Å²) in [6.45, 7) is 7.82. The molecule has 0 amide bonds. The molecule has 1 aliphatic heterocycles. The van der Waals surface area contributed by atoms with Crippen LogP contribution >= 0.6 is 0 Å². The zero-order valence-corrected chi connectivity index (χ0v) is 15.2. The number of benzene rings is 1. The molecule has 0 saturated carbocycles. The minimum absolute atomic E-state index is 0.0729. The van der Waals surface area contributed by atoms with Gasteiger partial charge in [0, 0.05) is 18.9 Å². The zero-order valence-electron chi connectivity index (χ0n) is 15.2. The fraction of sp³-hybridized carbons (Fsp3) is 0.429. The maximum atomic E-state index is 11.5. The lowest BCUT2D eigenvalue weighted by atomic mass is 9.89. The molecule has 2 heterocycles. The summed E-state index contributed by atoms with van der Waals surface area (Å²) >= 11 is 0. The summed E-state index contributed by atoms with van der Waals surface area (Å²) in [5, 5.41) is 9.49. The van der Waals surface area contributed by atoms with Gasteiger partial charge in [0.25, 0.3) is 0 Å². The highest BCUT2D eigenvalue weighted by Gasteiger charge is 2.32. The summed E-state index contributed by atoms with van der Waals surface area (Å²) in [4.78, 5) is 18.1. The van der Waals surface area contributed by atoms with Crippen molar-refractivity contribution in [1.29, 1.82) is 0 Å². The van der Waals surface area contributed by atoms with Gasteiger partial charge in [-0.25, -0.2) is 0 Å². The van der Waals surface area contributed by atoms with Crippen molar-refractivity contribution in [2.75, 3.05) is 13.1 Å². The van der Waals surface area contributed by atoms with Crippen molar-refractivity contribution in [2.45, 2.75) is 39.7 Å². The number of piperidine rings is 1. The van der Waals surface area contributed by atoms with E-state index in [0.717, 1.165) is 24.9 Å². The molecule has 3 rings (SSSR count). The van der Waals surface area contributed by atoms with E-state index in [1.165, 1.54) is 22.3 Å². The van der Waals surface area contributed by atoms with Crippen molar-refractivity contribution in [3.63, 3.8) is 0 Å². The number of aliphatic carboxylic acids is 1. The number of hydrogen-bond acceptors (Lipinski definition) is 3. The second kappa shape index (κ2) is 7.36. The number of carboxylic acids is 1. The Morgan fingerprint density at radius 2 is 1.96 bits per heavy atom. The summed E-state index contributed by atoms with van der Waals surface area (Å²) < 4.78 is 0. The number of rotatable bonds is 4. The van der Waals surface area contributed by atoms with Crippen LogP contribution in [0.2, 0.25) is 0 Å². The fourth-order valence-electron chi connectivity index (χ4n) is 3.99. The number of nitrogens with zero attached hydrogens (tertiary/aromatic N) is 2. The standard InChI is InChI=1S/C21H26N2O2/c1-14-9-15(2)11-18(10-14)20(19-6-7-22-12-16(19)3)23-8-4-5-17(13-23)21(24)25/h6-7,9-12,17,20H,4-5,8,13H2,1-3H3,(H,24,25).